The van der Waals surface area contributed by atoms with Crippen molar-refractivity contribution in [1.29, 1.82) is 5.26 Å². The van der Waals surface area contributed by atoms with E-state index in [-0.39, 0.29) is 22.9 Å². The molecule has 0 aliphatic carbocycles. The molecule has 2 rings (SSSR count). The van der Waals surface area contributed by atoms with Gasteiger partial charge < -0.3 is 9.84 Å². The van der Waals surface area contributed by atoms with Crippen molar-refractivity contribution in [3.05, 3.63) is 51.3 Å². The maximum Gasteiger partial charge on any atom is 0.338 e. The fraction of sp³-hybridized carbons (Fsp3) is 0.235. The summed E-state index contributed by atoms with van der Waals surface area (Å²) in [4.78, 5) is 25.8. The number of ether oxygens (including phenoxy) is 1. The predicted molar refractivity (Wildman–Crippen MR) is 89.3 cm³/mol. The molecule has 8 nitrogen and oxygen atoms in total. The Kier molecular flexibility index (Phi) is 5.29. The number of aromatic nitrogens is 1. The first-order valence-electron chi connectivity index (χ1n) is 7.42. The third kappa shape index (κ3) is 4.09. The van der Waals surface area contributed by atoms with Crippen molar-refractivity contribution in [3.63, 3.8) is 0 Å². The minimum atomic E-state index is -0.658. The minimum absolute atomic E-state index is 0.0691. The highest BCUT2D eigenvalue weighted by molar-refractivity contribution is 5.89. The Bertz CT molecular complexity index is 921. The van der Waals surface area contributed by atoms with E-state index in [0.29, 0.717) is 11.3 Å². The molecule has 0 fully saturated rings. The number of hydrogen-bond donors (Lipinski definition) is 2. The SMILES string of the molecule is Cc1c(C#N)c(O)[nH]c(=O)c1N=Nc1ccc(C(=O)OC(C)C)cc1. The molecule has 0 unspecified atom stereocenters. The van der Waals surface area contributed by atoms with Crippen molar-refractivity contribution >= 4 is 17.3 Å². The van der Waals surface area contributed by atoms with Crippen molar-refractivity contribution in [1.82, 2.24) is 4.98 Å². The monoisotopic (exact) mass is 340 g/mol. The van der Waals surface area contributed by atoms with Gasteiger partial charge in [-0.2, -0.15) is 10.4 Å². The molecule has 0 aliphatic heterocycles. The van der Waals surface area contributed by atoms with E-state index in [2.05, 4.69) is 15.2 Å². The van der Waals surface area contributed by atoms with Crippen molar-refractivity contribution < 1.29 is 14.6 Å². The fourth-order valence-corrected chi connectivity index (χ4v) is 2.01. The predicted octanol–water partition coefficient (Wildman–Crippen LogP) is 3.24. The van der Waals surface area contributed by atoms with Gasteiger partial charge in [0.2, 0.25) is 5.88 Å². The first-order valence-corrected chi connectivity index (χ1v) is 7.42. The third-order valence-electron chi connectivity index (χ3n) is 3.24. The molecule has 128 valence electrons. The van der Waals surface area contributed by atoms with Crippen molar-refractivity contribution in [2.75, 3.05) is 0 Å². The molecule has 25 heavy (non-hydrogen) atoms. The van der Waals surface area contributed by atoms with E-state index in [0.717, 1.165) is 0 Å². The van der Waals surface area contributed by atoms with Crippen LogP contribution in [0.15, 0.2) is 39.3 Å². The van der Waals surface area contributed by atoms with Gasteiger partial charge in [-0.25, -0.2) is 4.79 Å². The zero-order valence-electron chi connectivity index (χ0n) is 13.9. The van der Waals surface area contributed by atoms with E-state index in [4.69, 9.17) is 10.00 Å². The van der Waals surface area contributed by atoms with Crippen LogP contribution < -0.4 is 5.56 Å². The van der Waals surface area contributed by atoms with Gasteiger partial charge in [0.25, 0.3) is 5.56 Å². The van der Waals surface area contributed by atoms with Gasteiger partial charge in [0.15, 0.2) is 5.69 Å². The Morgan fingerprint density at radius 2 is 1.92 bits per heavy atom. The van der Waals surface area contributed by atoms with Gasteiger partial charge in [0, 0.05) is 5.56 Å². The van der Waals surface area contributed by atoms with Gasteiger partial charge in [-0.05, 0) is 45.0 Å². The summed E-state index contributed by atoms with van der Waals surface area (Å²) in [5.41, 5.74) is 0.210. The molecule has 0 amide bonds. The summed E-state index contributed by atoms with van der Waals surface area (Å²) >= 11 is 0. The number of carbonyl (C=O) groups is 1. The van der Waals surface area contributed by atoms with Crippen molar-refractivity contribution in [2.45, 2.75) is 26.9 Å². The summed E-state index contributed by atoms with van der Waals surface area (Å²) in [6, 6.07) is 7.96. The Morgan fingerprint density at radius 3 is 2.48 bits per heavy atom. The quantitative estimate of drug-likeness (QED) is 0.652. The molecule has 0 atom stereocenters. The second-order valence-electron chi connectivity index (χ2n) is 5.46. The molecule has 0 radical (unpaired) electrons. The Morgan fingerprint density at radius 1 is 1.28 bits per heavy atom. The summed E-state index contributed by atoms with van der Waals surface area (Å²) in [7, 11) is 0. The van der Waals surface area contributed by atoms with Gasteiger partial charge in [-0.3, -0.25) is 9.78 Å². The second kappa shape index (κ2) is 7.40. The molecule has 0 saturated heterocycles. The molecule has 1 heterocycles. The molecular weight excluding hydrogens is 324 g/mol. The molecule has 8 heteroatoms. The number of nitrogens with one attached hydrogen (secondary N) is 1. The molecule has 1 aromatic carbocycles. The zero-order chi connectivity index (χ0) is 18.6. The molecule has 0 spiro atoms. The lowest BCUT2D eigenvalue weighted by molar-refractivity contribution is 0.0378. The standard InChI is InChI=1S/C17H16N4O4/c1-9(2)25-17(24)11-4-6-12(7-5-11)20-21-14-10(3)13(8-18)15(22)19-16(14)23/h4-7,9H,1-3H3,(H2,19,22,23). The Hall–Kier alpha value is -3.47. The number of H-pyrrole nitrogens is 1. The van der Waals surface area contributed by atoms with Crippen LogP contribution in [0.4, 0.5) is 11.4 Å². The Balaban J connectivity index is 2.28. The summed E-state index contributed by atoms with van der Waals surface area (Å²) in [6.45, 7) is 5.01. The molecule has 0 bridgehead atoms. The first kappa shape index (κ1) is 17.9. The van der Waals surface area contributed by atoms with Crippen molar-refractivity contribution in [2.24, 2.45) is 10.2 Å². The maximum absolute atomic E-state index is 11.9. The van der Waals surface area contributed by atoms with Crippen LogP contribution in [-0.2, 0) is 4.74 Å². The highest BCUT2D eigenvalue weighted by atomic mass is 16.5. The number of benzene rings is 1. The number of aromatic amines is 1. The van der Waals surface area contributed by atoms with E-state index in [1.54, 1.807) is 32.0 Å². The lowest BCUT2D eigenvalue weighted by Gasteiger charge is -2.07. The number of aromatic hydroxyl groups is 1. The third-order valence-corrected chi connectivity index (χ3v) is 3.24. The summed E-state index contributed by atoms with van der Waals surface area (Å²) in [5, 5.41) is 26.3. The normalized spacial score (nSPS) is 10.8. The smallest absolute Gasteiger partial charge is 0.338 e. The molecule has 2 aromatic rings. The number of esters is 1. The van der Waals surface area contributed by atoms with Crippen LogP contribution in [0.25, 0.3) is 0 Å². The maximum atomic E-state index is 11.9. The molecule has 1 aromatic heterocycles. The van der Waals surface area contributed by atoms with Crippen LogP contribution in [0.5, 0.6) is 5.88 Å². The topological polar surface area (TPSA) is 128 Å². The number of hydrogen-bond acceptors (Lipinski definition) is 7. The van der Waals surface area contributed by atoms with Crippen LogP contribution in [0.2, 0.25) is 0 Å². The minimum Gasteiger partial charge on any atom is -0.494 e. The largest absolute Gasteiger partial charge is 0.494 e. The molecule has 2 N–H and O–H groups in total. The summed E-state index contributed by atoms with van der Waals surface area (Å²) < 4.78 is 5.08. The average Bonchev–Trinajstić information content (AvgIpc) is 2.54. The molecular formula is C17H16N4O4. The van der Waals surface area contributed by atoms with Crippen LogP contribution in [-0.4, -0.2) is 22.2 Å². The number of carbonyl (C=O) groups excluding carboxylic acids is 1. The van der Waals surface area contributed by atoms with Gasteiger partial charge in [-0.1, -0.05) is 0 Å². The van der Waals surface area contributed by atoms with E-state index in [1.165, 1.54) is 19.1 Å². The first-order chi connectivity index (χ1) is 11.8. The van der Waals surface area contributed by atoms with Crippen LogP contribution in [0.1, 0.15) is 35.3 Å². The van der Waals surface area contributed by atoms with E-state index in [9.17, 15) is 14.7 Å². The van der Waals surface area contributed by atoms with Crippen LogP contribution in [0.3, 0.4) is 0 Å². The van der Waals surface area contributed by atoms with Gasteiger partial charge in [-0.15, -0.1) is 5.11 Å². The van der Waals surface area contributed by atoms with Gasteiger partial charge >= 0.3 is 5.97 Å². The van der Waals surface area contributed by atoms with Gasteiger partial charge in [0.1, 0.15) is 11.6 Å². The molecule has 0 aliphatic rings. The number of pyridine rings is 1. The fourth-order valence-electron chi connectivity index (χ4n) is 2.01. The zero-order valence-corrected chi connectivity index (χ0v) is 13.9. The Labute approximate surface area is 143 Å². The highest BCUT2D eigenvalue weighted by Gasteiger charge is 2.13. The lowest BCUT2D eigenvalue weighted by Crippen LogP contribution is -2.11. The lowest BCUT2D eigenvalue weighted by atomic mass is 10.1. The van der Waals surface area contributed by atoms with Crippen LogP contribution in [0, 0.1) is 18.3 Å². The van der Waals surface area contributed by atoms with Crippen molar-refractivity contribution in [3.8, 4) is 11.9 Å². The average molecular weight is 340 g/mol. The number of nitriles is 1. The van der Waals surface area contributed by atoms with Gasteiger partial charge in [0.05, 0.1) is 17.4 Å². The highest BCUT2D eigenvalue weighted by Crippen LogP contribution is 2.24. The molecule has 0 saturated carbocycles. The number of rotatable bonds is 4. The summed E-state index contributed by atoms with van der Waals surface area (Å²) in [6.07, 6.45) is -0.217. The summed E-state index contributed by atoms with van der Waals surface area (Å²) in [5.74, 6) is -0.944. The van der Waals surface area contributed by atoms with E-state index >= 15 is 0 Å². The number of nitrogens with zero attached hydrogens (tertiary/aromatic N) is 3. The second-order valence-corrected chi connectivity index (χ2v) is 5.46. The van der Waals surface area contributed by atoms with Crippen LogP contribution >= 0.6 is 0 Å². The van der Waals surface area contributed by atoms with E-state index < -0.39 is 17.4 Å². The van der Waals surface area contributed by atoms with E-state index in [1.807, 2.05) is 0 Å². The number of azo groups is 1.